The Kier molecular flexibility index (Phi) is 3.82. The van der Waals surface area contributed by atoms with E-state index in [1.165, 1.54) is 12.8 Å². The Morgan fingerprint density at radius 3 is 2.94 bits per heavy atom. The van der Waals surface area contributed by atoms with E-state index in [-0.39, 0.29) is 12.5 Å². The van der Waals surface area contributed by atoms with E-state index in [4.69, 9.17) is 10.5 Å². The number of amides is 1. The van der Waals surface area contributed by atoms with Crippen LogP contribution < -0.4 is 5.73 Å². The smallest absolute Gasteiger partial charge is 0.248 e. The van der Waals surface area contributed by atoms with E-state index in [1.54, 1.807) is 0 Å². The number of rotatable bonds is 3. The molecule has 1 aliphatic heterocycles. The summed E-state index contributed by atoms with van der Waals surface area (Å²) in [4.78, 5) is 13.8. The highest BCUT2D eigenvalue weighted by molar-refractivity contribution is 5.77. The second kappa shape index (κ2) is 5.15. The van der Waals surface area contributed by atoms with Gasteiger partial charge < -0.3 is 15.4 Å². The molecule has 0 aromatic rings. The van der Waals surface area contributed by atoms with Crippen molar-refractivity contribution in [2.75, 3.05) is 26.3 Å². The van der Waals surface area contributed by atoms with Gasteiger partial charge in [0, 0.05) is 25.7 Å². The van der Waals surface area contributed by atoms with Crippen molar-refractivity contribution in [3.8, 4) is 0 Å². The zero-order chi connectivity index (χ0) is 11.5. The van der Waals surface area contributed by atoms with Gasteiger partial charge in [-0.2, -0.15) is 0 Å². The van der Waals surface area contributed by atoms with Gasteiger partial charge in [0.2, 0.25) is 5.91 Å². The van der Waals surface area contributed by atoms with Crippen LogP contribution in [0, 0.1) is 11.8 Å². The molecule has 2 rings (SSSR count). The number of hydrogen-bond donors (Lipinski definition) is 1. The molecule has 0 aromatic carbocycles. The second-order valence-electron chi connectivity index (χ2n) is 4.95. The van der Waals surface area contributed by atoms with E-state index in [2.05, 4.69) is 0 Å². The fourth-order valence-electron chi connectivity index (χ4n) is 3.00. The van der Waals surface area contributed by atoms with Gasteiger partial charge in [-0.1, -0.05) is 6.42 Å². The van der Waals surface area contributed by atoms with Crippen molar-refractivity contribution in [3.63, 3.8) is 0 Å². The number of hydrogen-bond acceptors (Lipinski definition) is 3. The molecule has 3 atom stereocenters. The number of nitrogens with zero attached hydrogens (tertiary/aromatic N) is 1. The van der Waals surface area contributed by atoms with Crippen LogP contribution in [-0.2, 0) is 9.53 Å². The molecule has 2 fully saturated rings. The van der Waals surface area contributed by atoms with Crippen molar-refractivity contribution in [1.82, 2.24) is 4.90 Å². The highest BCUT2D eigenvalue weighted by Gasteiger charge is 2.40. The third-order valence-corrected chi connectivity index (χ3v) is 3.94. The fraction of sp³-hybridized carbons (Fsp3) is 0.917. The first-order valence-electron chi connectivity index (χ1n) is 6.33. The lowest BCUT2D eigenvalue weighted by Gasteiger charge is -2.29. The first-order chi connectivity index (χ1) is 7.72. The molecule has 1 saturated carbocycles. The molecule has 4 heteroatoms. The van der Waals surface area contributed by atoms with E-state index in [9.17, 15) is 4.79 Å². The normalized spacial score (nSPS) is 33.9. The Bertz CT molecular complexity index is 257. The van der Waals surface area contributed by atoms with Crippen molar-refractivity contribution in [1.29, 1.82) is 0 Å². The fourth-order valence-corrected chi connectivity index (χ4v) is 3.00. The maximum Gasteiger partial charge on any atom is 0.248 e. The molecule has 2 aliphatic rings. The van der Waals surface area contributed by atoms with Gasteiger partial charge in [-0.15, -0.1) is 0 Å². The molecular formula is C12H22N2O2. The third kappa shape index (κ3) is 2.38. The molecule has 1 saturated heterocycles. The van der Waals surface area contributed by atoms with Crippen LogP contribution in [0.2, 0.25) is 0 Å². The zero-order valence-electron chi connectivity index (χ0n) is 10.0. The predicted octanol–water partition coefficient (Wildman–Crippen LogP) is 0.609. The molecule has 0 radical (unpaired) electrons. The van der Waals surface area contributed by atoms with Crippen LogP contribution in [-0.4, -0.2) is 43.2 Å². The Labute approximate surface area is 97.1 Å². The minimum absolute atomic E-state index is 0.128. The average Bonchev–Trinajstić information content (AvgIpc) is 2.71. The molecule has 0 spiro atoms. The summed E-state index contributed by atoms with van der Waals surface area (Å²) >= 11 is 0. The number of carbonyl (C=O) groups excluding carboxylic acids is 1. The maximum atomic E-state index is 11.8. The van der Waals surface area contributed by atoms with Crippen LogP contribution in [0.25, 0.3) is 0 Å². The van der Waals surface area contributed by atoms with Crippen LogP contribution in [0.3, 0.4) is 0 Å². The number of ether oxygens (including phenoxy) is 1. The highest BCUT2D eigenvalue weighted by atomic mass is 16.5. The molecule has 4 nitrogen and oxygen atoms in total. The standard InChI is InChI=1S/C12H22N2O2/c1-2-16-8-12(15)14-6-9-4-3-5-11(13)10(9)7-14/h9-11H,2-8,13H2,1H3. The summed E-state index contributed by atoms with van der Waals surface area (Å²) in [6.45, 7) is 4.48. The highest BCUT2D eigenvalue weighted by Crippen LogP contribution is 2.35. The molecule has 1 amide bonds. The summed E-state index contributed by atoms with van der Waals surface area (Å²) < 4.78 is 5.17. The Morgan fingerprint density at radius 1 is 1.44 bits per heavy atom. The largest absolute Gasteiger partial charge is 0.372 e. The van der Waals surface area contributed by atoms with Crippen LogP contribution >= 0.6 is 0 Å². The third-order valence-electron chi connectivity index (χ3n) is 3.94. The van der Waals surface area contributed by atoms with Crippen LogP contribution in [0.15, 0.2) is 0 Å². The summed E-state index contributed by atoms with van der Waals surface area (Å²) in [7, 11) is 0. The van der Waals surface area contributed by atoms with E-state index in [1.807, 2.05) is 11.8 Å². The number of likely N-dealkylation sites (tertiary alicyclic amines) is 1. The van der Waals surface area contributed by atoms with Crippen molar-refractivity contribution < 1.29 is 9.53 Å². The van der Waals surface area contributed by atoms with Crippen LogP contribution in [0.1, 0.15) is 26.2 Å². The molecular weight excluding hydrogens is 204 g/mol. The Morgan fingerprint density at radius 2 is 2.25 bits per heavy atom. The second-order valence-corrected chi connectivity index (χ2v) is 4.95. The van der Waals surface area contributed by atoms with Crippen LogP contribution in [0.5, 0.6) is 0 Å². The van der Waals surface area contributed by atoms with E-state index < -0.39 is 0 Å². The minimum atomic E-state index is 0.128. The van der Waals surface area contributed by atoms with Gasteiger partial charge in [0.05, 0.1) is 0 Å². The molecule has 2 N–H and O–H groups in total. The van der Waals surface area contributed by atoms with Gasteiger partial charge in [-0.25, -0.2) is 0 Å². The lowest BCUT2D eigenvalue weighted by Crippen LogP contribution is -2.38. The maximum absolute atomic E-state index is 11.8. The summed E-state index contributed by atoms with van der Waals surface area (Å²) in [6.07, 6.45) is 3.57. The number of fused-ring (bicyclic) bond motifs is 1. The van der Waals surface area contributed by atoms with Crippen molar-refractivity contribution in [2.45, 2.75) is 32.2 Å². The number of nitrogens with two attached hydrogens (primary N) is 1. The van der Waals surface area contributed by atoms with Gasteiger partial charge >= 0.3 is 0 Å². The topological polar surface area (TPSA) is 55.6 Å². The Hall–Kier alpha value is -0.610. The summed E-state index contributed by atoms with van der Waals surface area (Å²) in [5.74, 6) is 1.29. The first kappa shape index (κ1) is 11.9. The lowest BCUT2D eigenvalue weighted by molar-refractivity contribution is -0.135. The molecule has 92 valence electrons. The monoisotopic (exact) mass is 226 g/mol. The minimum Gasteiger partial charge on any atom is -0.372 e. The van der Waals surface area contributed by atoms with Crippen molar-refractivity contribution in [2.24, 2.45) is 17.6 Å². The van der Waals surface area contributed by atoms with Gasteiger partial charge in [0.25, 0.3) is 0 Å². The van der Waals surface area contributed by atoms with E-state index in [0.29, 0.717) is 24.5 Å². The number of carbonyl (C=O) groups is 1. The van der Waals surface area contributed by atoms with Gasteiger partial charge in [0.15, 0.2) is 0 Å². The first-order valence-corrected chi connectivity index (χ1v) is 6.33. The summed E-state index contributed by atoms with van der Waals surface area (Å²) in [5.41, 5.74) is 6.11. The van der Waals surface area contributed by atoms with Crippen molar-refractivity contribution >= 4 is 5.91 Å². The van der Waals surface area contributed by atoms with Gasteiger partial charge in [0.1, 0.15) is 6.61 Å². The molecule has 0 bridgehead atoms. The lowest BCUT2D eigenvalue weighted by atomic mass is 9.78. The van der Waals surface area contributed by atoms with Gasteiger partial charge in [-0.05, 0) is 31.6 Å². The Balaban J connectivity index is 1.88. The predicted molar refractivity (Wildman–Crippen MR) is 61.9 cm³/mol. The van der Waals surface area contributed by atoms with E-state index >= 15 is 0 Å². The molecule has 1 aliphatic carbocycles. The van der Waals surface area contributed by atoms with Crippen molar-refractivity contribution in [3.05, 3.63) is 0 Å². The van der Waals surface area contributed by atoms with Gasteiger partial charge in [-0.3, -0.25) is 4.79 Å². The van der Waals surface area contributed by atoms with Crippen LogP contribution in [0.4, 0.5) is 0 Å². The zero-order valence-corrected chi connectivity index (χ0v) is 10.0. The SMILES string of the molecule is CCOCC(=O)N1CC2CCCC(N)C2C1. The molecule has 1 heterocycles. The summed E-state index contributed by atoms with van der Waals surface area (Å²) in [6, 6.07) is 0.295. The average molecular weight is 226 g/mol. The molecule has 3 unspecified atom stereocenters. The molecule has 16 heavy (non-hydrogen) atoms. The molecule has 0 aromatic heterocycles. The quantitative estimate of drug-likeness (QED) is 0.767. The summed E-state index contributed by atoms with van der Waals surface area (Å²) in [5, 5.41) is 0. The van der Waals surface area contributed by atoms with E-state index in [0.717, 1.165) is 19.5 Å².